The van der Waals surface area contributed by atoms with Gasteiger partial charge in [-0.2, -0.15) is 0 Å². The molecule has 0 atom stereocenters. The van der Waals surface area contributed by atoms with Crippen LogP contribution in [-0.2, 0) is 9.53 Å². The van der Waals surface area contributed by atoms with Gasteiger partial charge >= 0.3 is 0 Å². The van der Waals surface area contributed by atoms with E-state index in [-0.39, 0.29) is 5.92 Å². The summed E-state index contributed by atoms with van der Waals surface area (Å²) in [7, 11) is 0. The molecule has 0 unspecified atom stereocenters. The van der Waals surface area contributed by atoms with Gasteiger partial charge in [0.25, 0.3) is 0 Å². The third-order valence-electron chi connectivity index (χ3n) is 6.08. The molecule has 0 N–H and O–H groups in total. The molecule has 2 saturated carbocycles. The monoisotopic (exact) mass is 294 g/mol. The maximum atomic E-state index is 13.1. The standard InChI is InChI=1S/C19H34O2/c1-5-15-7-9-16(10-8-15)17(20)19(21-6-2)13-11-18(3,4)12-14-19/h15-16H,5-14H2,1-4H3. The highest BCUT2D eigenvalue weighted by Gasteiger charge is 2.47. The van der Waals surface area contributed by atoms with E-state index in [0.717, 1.165) is 44.4 Å². The average molecular weight is 294 g/mol. The van der Waals surface area contributed by atoms with Gasteiger partial charge in [-0.15, -0.1) is 0 Å². The molecule has 2 nitrogen and oxygen atoms in total. The third kappa shape index (κ3) is 3.88. The fourth-order valence-electron chi connectivity index (χ4n) is 4.27. The van der Waals surface area contributed by atoms with E-state index in [1.165, 1.54) is 19.3 Å². The Morgan fingerprint density at radius 1 is 1.00 bits per heavy atom. The first-order valence-electron chi connectivity index (χ1n) is 9.11. The van der Waals surface area contributed by atoms with Gasteiger partial charge < -0.3 is 4.74 Å². The van der Waals surface area contributed by atoms with Crippen molar-refractivity contribution in [2.45, 2.75) is 91.1 Å². The van der Waals surface area contributed by atoms with Crippen LogP contribution in [0, 0.1) is 17.3 Å². The number of ether oxygens (including phenoxy) is 1. The molecule has 0 bridgehead atoms. The predicted octanol–water partition coefficient (Wildman–Crippen LogP) is 5.15. The van der Waals surface area contributed by atoms with E-state index in [9.17, 15) is 4.79 Å². The number of rotatable bonds is 5. The number of carbonyl (C=O) groups excluding carboxylic acids is 1. The van der Waals surface area contributed by atoms with Gasteiger partial charge in [0.15, 0.2) is 5.78 Å². The number of ketones is 1. The van der Waals surface area contributed by atoms with Gasteiger partial charge in [-0.05, 0) is 69.6 Å². The first-order valence-corrected chi connectivity index (χ1v) is 9.11. The maximum absolute atomic E-state index is 13.1. The molecule has 0 aromatic carbocycles. The van der Waals surface area contributed by atoms with Crippen molar-refractivity contribution in [3.05, 3.63) is 0 Å². The van der Waals surface area contributed by atoms with Crippen LogP contribution in [0.2, 0.25) is 0 Å². The van der Waals surface area contributed by atoms with E-state index in [4.69, 9.17) is 4.74 Å². The summed E-state index contributed by atoms with van der Waals surface area (Å²) in [5.41, 5.74) is -0.0747. The summed E-state index contributed by atoms with van der Waals surface area (Å²) in [6.45, 7) is 9.61. The largest absolute Gasteiger partial charge is 0.367 e. The molecular weight excluding hydrogens is 260 g/mol. The minimum absolute atomic E-state index is 0.264. The molecule has 0 radical (unpaired) electrons. The van der Waals surface area contributed by atoms with Crippen LogP contribution in [0.25, 0.3) is 0 Å². The minimum atomic E-state index is -0.450. The maximum Gasteiger partial charge on any atom is 0.167 e. The van der Waals surface area contributed by atoms with Gasteiger partial charge in [-0.1, -0.05) is 27.2 Å². The Hall–Kier alpha value is -0.370. The van der Waals surface area contributed by atoms with E-state index < -0.39 is 5.60 Å². The lowest BCUT2D eigenvalue weighted by molar-refractivity contribution is -0.158. The highest BCUT2D eigenvalue weighted by molar-refractivity contribution is 5.89. The zero-order valence-electron chi connectivity index (χ0n) is 14.5. The van der Waals surface area contributed by atoms with Crippen molar-refractivity contribution >= 4 is 5.78 Å². The van der Waals surface area contributed by atoms with Crippen LogP contribution in [0.3, 0.4) is 0 Å². The van der Waals surface area contributed by atoms with E-state index in [2.05, 4.69) is 20.8 Å². The van der Waals surface area contributed by atoms with Gasteiger partial charge in [0.1, 0.15) is 5.60 Å². The number of hydrogen-bond donors (Lipinski definition) is 0. The summed E-state index contributed by atoms with van der Waals surface area (Å²) in [5, 5.41) is 0. The summed E-state index contributed by atoms with van der Waals surface area (Å²) in [4.78, 5) is 13.1. The zero-order chi connectivity index (χ0) is 15.5. The average Bonchev–Trinajstić information content (AvgIpc) is 2.49. The zero-order valence-corrected chi connectivity index (χ0v) is 14.5. The van der Waals surface area contributed by atoms with Gasteiger partial charge in [-0.3, -0.25) is 4.79 Å². The van der Waals surface area contributed by atoms with Crippen molar-refractivity contribution in [3.63, 3.8) is 0 Å². The Kier molecular flexibility index (Phi) is 5.51. The lowest BCUT2D eigenvalue weighted by Crippen LogP contribution is -2.49. The molecule has 122 valence electrons. The molecule has 21 heavy (non-hydrogen) atoms. The normalized spacial score (nSPS) is 31.8. The highest BCUT2D eigenvalue weighted by Crippen LogP contribution is 2.45. The van der Waals surface area contributed by atoms with Crippen molar-refractivity contribution in [2.24, 2.45) is 17.3 Å². The lowest BCUT2D eigenvalue weighted by atomic mass is 9.66. The van der Waals surface area contributed by atoms with E-state index >= 15 is 0 Å². The molecule has 0 aromatic heterocycles. The molecule has 2 heteroatoms. The fraction of sp³-hybridized carbons (Fsp3) is 0.947. The second kappa shape index (κ2) is 6.81. The highest BCUT2D eigenvalue weighted by atomic mass is 16.5. The molecule has 0 spiro atoms. The second-order valence-electron chi connectivity index (χ2n) is 8.08. The fourth-order valence-corrected chi connectivity index (χ4v) is 4.27. The SMILES string of the molecule is CCOC1(C(=O)C2CCC(CC)CC2)CCC(C)(C)CC1. The van der Waals surface area contributed by atoms with Crippen LogP contribution < -0.4 is 0 Å². The molecule has 0 saturated heterocycles. The molecule has 0 aromatic rings. The lowest BCUT2D eigenvalue weighted by Gasteiger charge is -2.44. The van der Waals surface area contributed by atoms with Crippen LogP contribution in [0.5, 0.6) is 0 Å². The van der Waals surface area contributed by atoms with E-state index in [0.29, 0.717) is 17.8 Å². The van der Waals surface area contributed by atoms with Crippen molar-refractivity contribution in [1.29, 1.82) is 0 Å². The smallest absolute Gasteiger partial charge is 0.167 e. The summed E-state index contributed by atoms with van der Waals surface area (Å²) >= 11 is 0. The number of hydrogen-bond acceptors (Lipinski definition) is 2. The summed E-state index contributed by atoms with van der Waals surface area (Å²) in [6.07, 6.45) is 10.0. The molecule has 2 rings (SSSR count). The van der Waals surface area contributed by atoms with Crippen molar-refractivity contribution < 1.29 is 9.53 Å². The topological polar surface area (TPSA) is 26.3 Å². The first kappa shape index (κ1) is 17.0. The predicted molar refractivity (Wildman–Crippen MR) is 87.4 cm³/mol. The molecule has 2 aliphatic carbocycles. The Balaban J connectivity index is 2.03. The van der Waals surface area contributed by atoms with Gasteiger partial charge in [0.05, 0.1) is 0 Å². The van der Waals surface area contributed by atoms with Crippen molar-refractivity contribution in [2.75, 3.05) is 6.61 Å². The van der Waals surface area contributed by atoms with Gasteiger partial charge in [-0.25, -0.2) is 0 Å². The van der Waals surface area contributed by atoms with E-state index in [1.54, 1.807) is 0 Å². The van der Waals surface area contributed by atoms with Crippen LogP contribution in [0.4, 0.5) is 0 Å². The molecular formula is C19H34O2. The second-order valence-corrected chi connectivity index (χ2v) is 8.08. The number of Topliss-reactive ketones (excluding diaryl/α,β-unsaturated/α-hetero) is 1. The Morgan fingerprint density at radius 3 is 2.05 bits per heavy atom. The molecule has 2 fully saturated rings. The Morgan fingerprint density at radius 2 is 1.57 bits per heavy atom. The third-order valence-corrected chi connectivity index (χ3v) is 6.08. The molecule has 0 amide bonds. The van der Waals surface area contributed by atoms with Gasteiger partial charge in [0.2, 0.25) is 0 Å². The van der Waals surface area contributed by atoms with Crippen LogP contribution in [0.1, 0.15) is 85.5 Å². The van der Waals surface area contributed by atoms with Crippen molar-refractivity contribution in [3.8, 4) is 0 Å². The summed E-state index contributed by atoms with van der Waals surface area (Å²) < 4.78 is 6.08. The summed E-state index contributed by atoms with van der Waals surface area (Å²) in [5.74, 6) is 1.55. The minimum Gasteiger partial charge on any atom is -0.367 e. The number of carbonyl (C=O) groups is 1. The Labute approximate surface area is 131 Å². The quantitative estimate of drug-likeness (QED) is 0.701. The van der Waals surface area contributed by atoms with Crippen molar-refractivity contribution in [1.82, 2.24) is 0 Å². The van der Waals surface area contributed by atoms with Crippen LogP contribution in [-0.4, -0.2) is 18.0 Å². The summed E-state index contributed by atoms with van der Waals surface area (Å²) in [6, 6.07) is 0. The first-order chi connectivity index (χ1) is 9.92. The molecule has 2 aliphatic rings. The Bertz CT molecular complexity index is 341. The molecule has 0 heterocycles. The molecule has 0 aliphatic heterocycles. The van der Waals surface area contributed by atoms with Gasteiger partial charge in [0, 0.05) is 12.5 Å². The van der Waals surface area contributed by atoms with Crippen LogP contribution in [0.15, 0.2) is 0 Å². The van der Waals surface area contributed by atoms with E-state index in [1.807, 2.05) is 6.92 Å². The van der Waals surface area contributed by atoms with Crippen LogP contribution >= 0.6 is 0 Å².